The molecule has 2 aliphatic heterocycles. The molecular weight excluding hydrogens is 222 g/mol. The zero-order valence-corrected chi connectivity index (χ0v) is 10.5. The molecule has 2 saturated heterocycles. The second-order valence-electron chi connectivity index (χ2n) is 4.89. The molecule has 2 fully saturated rings. The molecule has 0 aliphatic carbocycles. The Morgan fingerprint density at radius 3 is 2.65 bits per heavy atom. The minimum atomic E-state index is -0.580. The van der Waals surface area contributed by atoms with Crippen molar-refractivity contribution in [2.24, 2.45) is 0 Å². The van der Waals surface area contributed by atoms with Gasteiger partial charge in [-0.25, -0.2) is 0 Å². The van der Waals surface area contributed by atoms with Gasteiger partial charge < -0.3 is 18.9 Å². The first kappa shape index (κ1) is 12.8. The van der Waals surface area contributed by atoms with Crippen molar-refractivity contribution in [3.05, 3.63) is 0 Å². The van der Waals surface area contributed by atoms with Crippen LogP contribution >= 0.6 is 0 Å². The third-order valence-electron chi connectivity index (χ3n) is 3.12. The van der Waals surface area contributed by atoms with E-state index in [2.05, 4.69) is 6.07 Å². The van der Waals surface area contributed by atoms with E-state index < -0.39 is 5.79 Å². The van der Waals surface area contributed by atoms with Crippen LogP contribution in [0.5, 0.6) is 0 Å². The molecule has 5 nitrogen and oxygen atoms in total. The lowest BCUT2D eigenvalue weighted by Gasteiger charge is -2.23. The summed E-state index contributed by atoms with van der Waals surface area (Å²) >= 11 is 0. The van der Waals surface area contributed by atoms with Crippen LogP contribution in [0, 0.1) is 11.3 Å². The van der Waals surface area contributed by atoms with Crippen LogP contribution in [0.1, 0.15) is 33.1 Å². The van der Waals surface area contributed by atoms with E-state index in [1.54, 1.807) is 7.11 Å². The van der Waals surface area contributed by atoms with Crippen LogP contribution in [0.4, 0.5) is 0 Å². The monoisotopic (exact) mass is 241 g/mol. The SMILES string of the molecule is CO[C@@H]1O[C@H](CCCC#N)[C@H]2OC(C)(C)O[C@@H]12. The van der Waals surface area contributed by atoms with Gasteiger partial charge in [-0.1, -0.05) is 0 Å². The van der Waals surface area contributed by atoms with Crippen LogP contribution in [-0.4, -0.2) is 37.5 Å². The molecule has 0 amide bonds. The second kappa shape index (κ2) is 4.91. The predicted molar refractivity (Wildman–Crippen MR) is 59.0 cm³/mol. The molecule has 4 atom stereocenters. The van der Waals surface area contributed by atoms with Crippen LogP contribution in [0.3, 0.4) is 0 Å². The van der Waals surface area contributed by atoms with Crippen LogP contribution in [0.15, 0.2) is 0 Å². The molecule has 0 spiro atoms. The first-order chi connectivity index (χ1) is 8.07. The molecule has 0 N–H and O–H groups in total. The number of nitriles is 1. The highest BCUT2D eigenvalue weighted by Gasteiger charge is 2.55. The van der Waals surface area contributed by atoms with E-state index in [9.17, 15) is 0 Å². The summed E-state index contributed by atoms with van der Waals surface area (Å²) in [7, 11) is 1.61. The zero-order chi connectivity index (χ0) is 12.5. The van der Waals surface area contributed by atoms with Gasteiger partial charge in [-0.15, -0.1) is 0 Å². The number of hydrogen-bond acceptors (Lipinski definition) is 5. The average molecular weight is 241 g/mol. The molecule has 2 rings (SSSR count). The van der Waals surface area contributed by atoms with Gasteiger partial charge in [0.05, 0.1) is 12.2 Å². The molecule has 2 heterocycles. The number of ether oxygens (including phenoxy) is 4. The summed E-state index contributed by atoms with van der Waals surface area (Å²) in [5.74, 6) is -0.580. The van der Waals surface area contributed by atoms with Gasteiger partial charge >= 0.3 is 0 Å². The van der Waals surface area contributed by atoms with E-state index in [0.29, 0.717) is 6.42 Å². The Bertz CT molecular complexity index is 312. The average Bonchev–Trinajstić information content (AvgIpc) is 2.73. The van der Waals surface area contributed by atoms with Crippen molar-refractivity contribution in [2.45, 2.75) is 63.5 Å². The van der Waals surface area contributed by atoms with E-state index in [0.717, 1.165) is 12.8 Å². The normalized spacial score (nSPS) is 38.9. The molecule has 0 aromatic rings. The van der Waals surface area contributed by atoms with E-state index >= 15 is 0 Å². The molecular formula is C12H19NO4. The Labute approximate surface area is 102 Å². The first-order valence-corrected chi connectivity index (χ1v) is 5.98. The lowest BCUT2D eigenvalue weighted by Crippen LogP contribution is -2.30. The molecule has 0 saturated carbocycles. The van der Waals surface area contributed by atoms with E-state index in [1.165, 1.54) is 0 Å². The van der Waals surface area contributed by atoms with Crippen molar-refractivity contribution < 1.29 is 18.9 Å². The van der Waals surface area contributed by atoms with E-state index in [1.807, 2.05) is 13.8 Å². The molecule has 0 aromatic heterocycles. The number of unbranched alkanes of at least 4 members (excludes halogenated alkanes) is 1. The zero-order valence-electron chi connectivity index (χ0n) is 10.5. The highest BCUT2D eigenvalue weighted by atomic mass is 16.8. The fourth-order valence-electron chi connectivity index (χ4n) is 2.45. The Balaban J connectivity index is 1.98. The lowest BCUT2D eigenvalue weighted by molar-refractivity contribution is -0.227. The number of fused-ring (bicyclic) bond motifs is 1. The van der Waals surface area contributed by atoms with E-state index in [4.69, 9.17) is 24.2 Å². The molecule has 5 heteroatoms. The second-order valence-corrected chi connectivity index (χ2v) is 4.89. The molecule has 0 aromatic carbocycles. The smallest absolute Gasteiger partial charge is 0.186 e. The number of nitrogens with zero attached hydrogens (tertiary/aromatic N) is 1. The van der Waals surface area contributed by atoms with Crippen LogP contribution < -0.4 is 0 Å². The predicted octanol–water partition coefficient (Wildman–Crippen LogP) is 1.57. The van der Waals surface area contributed by atoms with Gasteiger partial charge in [0, 0.05) is 13.5 Å². The van der Waals surface area contributed by atoms with Crippen molar-refractivity contribution >= 4 is 0 Å². The Kier molecular flexibility index (Phi) is 3.69. The summed E-state index contributed by atoms with van der Waals surface area (Å²) in [5.41, 5.74) is 0. The van der Waals surface area contributed by atoms with Gasteiger partial charge in [0.1, 0.15) is 12.2 Å². The fraction of sp³-hybridized carbons (Fsp3) is 0.917. The highest BCUT2D eigenvalue weighted by Crippen LogP contribution is 2.40. The van der Waals surface area contributed by atoms with Gasteiger partial charge in [-0.3, -0.25) is 0 Å². The van der Waals surface area contributed by atoms with Gasteiger partial charge in [0.2, 0.25) is 0 Å². The molecule has 0 bridgehead atoms. The van der Waals surface area contributed by atoms with Gasteiger partial charge in [0.15, 0.2) is 12.1 Å². The summed E-state index contributed by atoms with van der Waals surface area (Å²) in [6, 6.07) is 2.13. The third-order valence-corrected chi connectivity index (χ3v) is 3.12. The molecule has 2 aliphatic rings. The standard InChI is InChI=1S/C12H19NO4/c1-12(2)16-9-8(6-4-5-7-13)15-11(14-3)10(9)17-12/h8-11H,4-6H2,1-3H3/t8-,9-,10-,11-/m1/s1. The van der Waals surface area contributed by atoms with Crippen molar-refractivity contribution in [3.8, 4) is 6.07 Å². The molecule has 96 valence electrons. The highest BCUT2D eigenvalue weighted by molar-refractivity contribution is 4.95. The molecule has 0 unspecified atom stereocenters. The maximum atomic E-state index is 8.54. The summed E-state index contributed by atoms with van der Waals surface area (Å²) < 4.78 is 22.6. The Hall–Kier alpha value is -0.670. The fourth-order valence-corrected chi connectivity index (χ4v) is 2.45. The maximum absolute atomic E-state index is 8.54. The Morgan fingerprint density at radius 1 is 1.29 bits per heavy atom. The molecule has 17 heavy (non-hydrogen) atoms. The summed E-state index contributed by atoms with van der Waals surface area (Å²) in [6.07, 6.45) is 1.49. The molecule has 0 radical (unpaired) electrons. The number of hydrogen-bond donors (Lipinski definition) is 0. The first-order valence-electron chi connectivity index (χ1n) is 5.98. The van der Waals surface area contributed by atoms with Gasteiger partial charge in [0.25, 0.3) is 0 Å². The minimum Gasteiger partial charge on any atom is -0.353 e. The van der Waals surface area contributed by atoms with Gasteiger partial charge in [-0.05, 0) is 26.7 Å². The lowest BCUT2D eigenvalue weighted by atomic mass is 10.1. The van der Waals surface area contributed by atoms with Crippen LogP contribution in [0.25, 0.3) is 0 Å². The summed E-state index contributed by atoms with van der Waals surface area (Å²) in [5, 5.41) is 8.54. The summed E-state index contributed by atoms with van der Waals surface area (Å²) in [4.78, 5) is 0. The summed E-state index contributed by atoms with van der Waals surface area (Å²) in [6.45, 7) is 3.79. The number of methoxy groups -OCH3 is 1. The van der Waals surface area contributed by atoms with Crippen molar-refractivity contribution in [2.75, 3.05) is 7.11 Å². The third kappa shape index (κ3) is 2.61. The quantitative estimate of drug-likeness (QED) is 0.699. The van der Waals surface area contributed by atoms with Gasteiger partial charge in [-0.2, -0.15) is 5.26 Å². The van der Waals surface area contributed by atoms with Crippen LogP contribution in [-0.2, 0) is 18.9 Å². The topological polar surface area (TPSA) is 60.7 Å². The Morgan fingerprint density at radius 2 is 2.00 bits per heavy atom. The largest absolute Gasteiger partial charge is 0.353 e. The van der Waals surface area contributed by atoms with Crippen molar-refractivity contribution in [1.29, 1.82) is 5.26 Å². The van der Waals surface area contributed by atoms with Crippen molar-refractivity contribution in [1.82, 2.24) is 0 Å². The minimum absolute atomic E-state index is 0.0416. The van der Waals surface area contributed by atoms with Crippen molar-refractivity contribution in [3.63, 3.8) is 0 Å². The van der Waals surface area contributed by atoms with Crippen LogP contribution in [0.2, 0.25) is 0 Å². The number of rotatable bonds is 4. The van der Waals surface area contributed by atoms with E-state index in [-0.39, 0.29) is 24.6 Å². The maximum Gasteiger partial charge on any atom is 0.186 e.